The van der Waals surface area contributed by atoms with Crippen LogP contribution < -0.4 is 10.1 Å². The topological polar surface area (TPSA) is 51.5 Å². The third-order valence-corrected chi connectivity index (χ3v) is 4.19. The fourth-order valence-corrected chi connectivity index (χ4v) is 2.60. The molecule has 0 aliphatic heterocycles. The van der Waals surface area contributed by atoms with Crippen LogP contribution in [-0.4, -0.2) is 12.5 Å². The molecule has 0 radical (unpaired) electrons. The zero-order valence-electron chi connectivity index (χ0n) is 13.7. The van der Waals surface area contributed by atoms with Crippen molar-refractivity contribution in [3.8, 4) is 5.75 Å². The molecule has 0 unspecified atom stereocenters. The highest BCUT2D eigenvalue weighted by Gasteiger charge is 2.19. The molecule has 1 N–H and O–H groups in total. The van der Waals surface area contributed by atoms with Crippen molar-refractivity contribution in [2.45, 2.75) is 13.0 Å². The predicted molar refractivity (Wildman–Crippen MR) is 96.8 cm³/mol. The van der Waals surface area contributed by atoms with Crippen LogP contribution >= 0.6 is 11.6 Å². The molecule has 1 aromatic heterocycles. The molecule has 3 rings (SSSR count). The molecule has 1 amide bonds. The number of halogens is 1. The molecule has 0 saturated heterocycles. The number of hydrogen-bond donors (Lipinski definition) is 1. The molecule has 4 nitrogen and oxygen atoms in total. The minimum absolute atomic E-state index is 0.0921. The molecule has 1 atom stereocenters. The summed E-state index contributed by atoms with van der Waals surface area (Å²) in [4.78, 5) is 12.3. The van der Waals surface area contributed by atoms with Gasteiger partial charge in [-0.2, -0.15) is 0 Å². The van der Waals surface area contributed by atoms with E-state index in [2.05, 4.69) is 5.32 Å². The van der Waals surface area contributed by atoms with Gasteiger partial charge < -0.3 is 14.5 Å². The van der Waals surface area contributed by atoms with E-state index in [1.54, 1.807) is 30.5 Å². The monoisotopic (exact) mass is 355 g/mol. The maximum atomic E-state index is 12.3. The lowest BCUT2D eigenvalue weighted by atomic mass is 10.0. The lowest BCUT2D eigenvalue weighted by Gasteiger charge is -2.17. The Labute approximate surface area is 151 Å². The smallest absolute Gasteiger partial charge is 0.258 e. The number of furan rings is 1. The van der Waals surface area contributed by atoms with Crippen molar-refractivity contribution in [3.63, 3.8) is 0 Å². The maximum absolute atomic E-state index is 12.3. The number of ether oxygens (including phenoxy) is 1. The molecule has 0 aliphatic carbocycles. The predicted octanol–water partition coefficient (Wildman–Crippen LogP) is 4.53. The number of benzene rings is 2. The van der Waals surface area contributed by atoms with E-state index in [0.717, 1.165) is 11.1 Å². The molecule has 1 heterocycles. The zero-order chi connectivity index (χ0) is 17.6. The summed E-state index contributed by atoms with van der Waals surface area (Å²) in [6, 6.07) is 18.2. The van der Waals surface area contributed by atoms with Gasteiger partial charge >= 0.3 is 0 Å². The number of aryl methyl sites for hydroxylation is 1. The Morgan fingerprint density at radius 2 is 1.96 bits per heavy atom. The van der Waals surface area contributed by atoms with Crippen LogP contribution in [0.3, 0.4) is 0 Å². The molecule has 0 bridgehead atoms. The van der Waals surface area contributed by atoms with E-state index in [-0.39, 0.29) is 18.6 Å². The average Bonchev–Trinajstić information content (AvgIpc) is 3.16. The second-order valence-corrected chi connectivity index (χ2v) is 6.03. The van der Waals surface area contributed by atoms with E-state index < -0.39 is 0 Å². The third-order valence-electron chi connectivity index (χ3n) is 3.77. The Balaban J connectivity index is 1.67. The van der Waals surface area contributed by atoms with Crippen LogP contribution in [0.1, 0.15) is 22.9 Å². The third kappa shape index (κ3) is 4.43. The second-order valence-electron chi connectivity index (χ2n) is 5.63. The summed E-state index contributed by atoms with van der Waals surface area (Å²) in [6.07, 6.45) is 1.59. The summed E-state index contributed by atoms with van der Waals surface area (Å²) in [7, 11) is 0. The number of nitrogens with one attached hydrogen (secondary N) is 1. The summed E-state index contributed by atoms with van der Waals surface area (Å²) in [5, 5.41) is 3.61. The van der Waals surface area contributed by atoms with E-state index in [1.807, 2.05) is 43.3 Å². The van der Waals surface area contributed by atoms with Gasteiger partial charge in [0.25, 0.3) is 5.91 Å². The van der Waals surface area contributed by atoms with Gasteiger partial charge in [-0.3, -0.25) is 4.79 Å². The Bertz CT molecular complexity index is 831. The van der Waals surface area contributed by atoms with E-state index >= 15 is 0 Å². The molecule has 0 aliphatic rings. The van der Waals surface area contributed by atoms with Crippen molar-refractivity contribution < 1.29 is 13.9 Å². The fourth-order valence-electron chi connectivity index (χ4n) is 2.48. The molecular formula is C20H18ClNO3. The van der Waals surface area contributed by atoms with Gasteiger partial charge in [0.1, 0.15) is 17.6 Å². The average molecular weight is 356 g/mol. The van der Waals surface area contributed by atoms with Crippen molar-refractivity contribution >= 4 is 17.5 Å². The van der Waals surface area contributed by atoms with E-state index in [9.17, 15) is 4.79 Å². The highest BCUT2D eigenvalue weighted by molar-refractivity contribution is 6.31. The van der Waals surface area contributed by atoms with Crippen LogP contribution in [0, 0.1) is 6.92 Å². The van der Waals surface area contributed by atoms with Gasteiger partial charge in [-0.05, 0) is 48.4 Å². The van der Waals surface area contributed by atoms with Gasteiger partial charge in [-0.25, -0.2) is 0 Å². The van der Waals surface area contributed by atoms with Crippen LogP contribution in [0.2, 0.25) is 5.02 Å². The van der Waals surface area contributed by atoms with Gasteiger partial charge in [0.05, 0.1) is 6.26 Å². The lowest BCUT2D eigenvalue weighted by molar-refractivity contribution is -0.123. The molecule has 5 heteroatoms. The lowest BCUT2D eigenvalue weighted by Crippen LogP contribution is -2.33. The Morgan fingerprint density at radius 3 is 2.64 bits per heavy atom. The van der Waals surface area contributed by atoms with Crippen LogP contribution in [-0.2, 0) is 4.79 Å². The van der Waals surface area contributed by atoms with Crippen LogP contribution in [0.15, 0.2) is 71.3 Å². The zero-order valence-corrected chi connectivity index (χ0v) is 14.5. The SMILES string of the molecule is Cc1cc(OCC(=O)N[C@@H](c2ccccc2)c2ccco2)ccc1Cl. The van der Waals surface area contributed by atoms with Crippen LogP contribution in [0.4, 0.5) is 0 Å². The summed E-state index contributed by atoms with van der Waals surface area (Å²) in [6.45, 7) is 1.79. The van der Waals surface area contributed by atoms with Crippen molar-refractivity contribution in [1.82, 2.24) is 5.32 Å². The molecule has 128 valence electrons. The van der Waals surface area contributed by atoms with Gasteiger partial charge in [0.2, 0.25) is 0 Å². The van der Waals surface area contributed by atoms with Gasteiger partial charge in [-0.1, -0.05) is 41.9 Å². The minimum atomic E-state index is -0.362. The molecule has 3 aromatic rings. The molecule has 25 heavy (non-hydrogen) atoms. The summed E-state index contributed by atoms with van der Waals surface area (Å²) in [5.74, 6) is 1.03. The number of carbonyl (C=O) groups is 1. The Kier molecular flexibility index (Phi) is 5.41. The van der Waals surface area contributed by atoms with Crippen molar-refractivity contribution in [3.05, 3.63) is 88.8 Å². The number of amides is 1. The quantitative estimate of drug-likeness (QED) is 0.707. The molecular weight excluding hydrogens is 338 g/mol. The van der Waals surface area contributed by atoms with Crippen LogP contribution in [0.25, 0.3) is 0 Å². The van der Waals surface area contributed by atoms with Gasteiger partial charge in [0, 0.05) is 5.02 Å². The maximum Gasteiger partial charge on any atom is 0.258 e. The first-order valence-corrected chi connectivity index (χ1v) is 8.28. The normalized spacial score (nSPS) is 11.8. The van der Waals surface area contributed by atoms with Crippen molar-refractivity contribution in [2.24, 2.45) is 0 Å². The summed E-state index contributed by atoms with van der Waals surface area (Å²) >= 11 is 5.99. The first kappa shape index (κ1) is 17.1. The molecule has 0 fully saturated rings. The van der Waals surface area contributed by atoms with Gasteiger partial charge in [-0.15, -0.1) is 0 Å². The summed E-state index contributed by atoms with van der Waals surface area (Å²) < 4.78 is 11.0. The largest absolute Gasteiger partial charge is 0.484 e. The highest BCUT2D eigenvalue weighted by atomic mass is 35.5. The molecule has 2 aromatic carbocycles. The van der Waals surface area contributed by atoms with E-state index in [4.69, 9.17) is 20.8 Å². The fraction of sp³-hybridized carbons (Fsp3) is 0.150. The van der Waals surface area contributed by atoms with Gasteiger partial charge in [0.15, 0.2) is 6.61 Å². The molecule has 0 saturated carbocycles. The van der Waals surface area contributed by atoms with Crippen molar-refractivity contribution in [1.29, 1.82) is 0 Å². The Morgan fingerprint density at radius 1 is 1.16 bits per heavy atom. The first-order chi connectivity index (χ1) is 12.1. The minimum Gasteiger partial charge on any atom is -0.484 e. The highest BCUT2D eigenvalue weighted by Crippen LogP contribution is 2.23. The van der Waals surface area contributed by atoms with E-state index in [1.165, 1.54) is 0 Å². The van der Waals surface area contributed by atoms with E-state index in [0.29, 0.717) is 16.5 Å². The second kappa shape index (κ2) is 7.90. The summed E-state index contributed by atoms with van der Waals surface area (Å²) in [5.41, 5.74) is 1.84. The number of rotatable bonds is 6. The first-order valence-electron chi connectivity index (χ1n) is 7.90. The Hall–Kier alpha value is -2.72. The standard InChI is InChI=1S/C20H18ClNO3/c1-14-12-16(9-10-17(14)21)25-13-19(23)22-20(18-8-5-11-24-18)15-6-3-2-4-7-15/h2-12,20H,13H2,1H3,(H,22,23)/t20-/m0/s1. The number of hydrogen-bond acceptors (Lipinski definition) is 3. The van der Waals surface area contributed by atoms with Crippen molar-refractivity contribution in [2.75, 3.05) is 6.61 Å². The van der Waals surface area contributed by atoms with Crippen LogP contribution in [0.5, 0.6) is 5.75 Å². The number of carbonyl (C=O) groups excluding carboxylic acids is 1. The molecule has 0 spiro atoms.